The Bertz CT molecular complexity index is 463. The number of nitrogens with one attached hydrogen (secondary N) is 2. The lowest BCUT2D eigenvalue weighted by Crippen LogP contribution is -2.43. The molecule has 5 heteroatoms. The first-order valence-electron chi connectivity index (χ1n) is 7.23. The van der Waals surface area contributed by atoms with Crippen LogP contribution in [0.3, 0.4) is 0 Å². The van der Waals surface area contributed by atoms with Gasteiger partial charge >= 0.3 is 0 Å². The molecule has 0 aliphatic heterocycles. The van der Waals surface area contributed by atoms with Gasteiger partial charge in [-0.05, 0) is 38.5 Å². The summed E-state index contributed by atoms with van der Waals surface area (Å²) < 4.78 is 10.5. The lowest BCUT2D eigenvalue weighted by molar-refractivity contribution is -0.122. The Kier molecular flexibility index (Phi) is 7.19. The molecular formula is C16H26N2O3. The van der Waals surface area contributed by atoms with E-state index in [2.05, 4.69) is 10.6 Å². The predicted molar refractivity (Wildman–Crippen MR) is 83.4 cm³/mol. The minimum Gasteiger partial charge on any atom is -0.496 e. The van der Waals surface area contributed by atoms with Crippen LogP contribution >= 0.6 is 0 Å². The van der Waals surface area contributed by atoms with Gasteiger partial charge in [0.2, 0.25) is 5.91 Å². The maximum atomic E-state index is 11.8. The first-order valence-corrected chi connectivity index (χ1v) is 7.23. The molecule has 0 aromatic heterocycles. The summed E-state index contributed by atoms with van der Waals surface area (Å²) in [6.07, 6.45) is 0. The van der Waals surface area contributed by atoms with Crippen LogP contribution in [0.2, 0.25) is 0 Å². The smallest absolute Gasteiger partial charge is 0.236 e. The van der Waals surface area contributed by atoms with E-state index in [4.69, 9.17) is 9.47 Å². The van der Waals surface area contributed by atoms with Gasteiger partial charge in [-0.25, -0.2) is 0 Å². The van der Waals surface area contributed by atoms with Crippen molar-refractivity contribution in [3.8, 4) is 5.75 Å². The monoisotopic (exact) mass is 294 g/mol. The lowest BCUT2D eigenvalue weighted by Gasteiger charge is -2.21. The molecule has 0 fully saturated rings. The molecule has 0 aliphatic rings. The molecule has 2 atom stereocenters. The lowest BCUT2D eigenvalue weighted by atomic mass is 10.0. The molecule has 0 radical (unpaired) electrons. The van der Waals surface area contributed by atoms with E-state index in [-0.39, 0.29) is 18.0 Å². The molecule has 21 heavy (non-hydrogen) atoms. The number of hydrogen-bond donors (Lipinski definition) is 2. The highest BCUT2D eigenvalue weighted by atomic mass is 16.5. The molecular weight excluding hydrogens is 268 g/mol. The quantitative estimate of drug-likeness (QED) is 0.770. The van der Waals surface area contributed by atoms with Crippen molar-refractivity contribution >= 4 is 5.91 Å². The molecule has 5 nitrogen and oxygen atoms in total. The summed E-state index contributed by atoms with van der Waals surface area (Å²) in [5.74, 6) is 0.819. The van der Waals surface area contributed by atoms with E-state index in [0.29, 0.717) is 13.2 Å². The standard InChI is InChI=1S/C16H26N2O3/c1-6-17-16(19)12(3)18-11(2)13-7-8-15(21-5)14(9-13)10-20-4/h7-9,11-12,18H,6,10H2,1-5H3,(H,17,19). The topological polar surface area (TPSA) is 59.6 Å². The number of carbonyl (C=O) groups is 1. The van der Waals surface area contributed by atoms with E-state index >= 15 is 0 Å². The maximum Gasteiger partial charge on any atom is 0.236 e. The third-order valence-electron chi connectivity index (χ3n) is 3.35. The highest BCUT2D eigenvalue weighted by Crippen LogP contribution is 2.24. The van der Waals surface area contributed by atoms with Gasteiger partial charge in [-0.15, -0.1) is 0 Å². The van der Waals surface area contributed by atoms with Gasteiger partial charge in [0.15, 0.2) is 0 Å². The summed E-state index contributed by atoms with van der Waals surface area (Å²) in [5, 5.41) is 6.10. The average Bonchev–Trinajstić information content (AvgIpc) is 2.47. The SMILES string of the molecule is CCNC(=O)C(C)NC(C)c1ccc(OC)c(COC)c1. The van der Waals surface area contributed by atoms with Gasteiger partial charge in [0.25, 0.3) is 0 Å². The maximum absolute atomic E-state index is 11.8. The largest absolute Gasteiger partial charge is 0.496 e. The van der Waals surface area contributed by atoms with Crippen molar-refractivity contribution in [2.75, 3.05) is 20.8 Å². The summed E-state index contributed by atoms with van der Waals surface area (Å²) in [5.41, 5.74) is 2.09. The molecule has 0 saturated heterocycles. The van der Waals surface area contributed by atoms with Crippen molar-refractivity contribution in [3.63, 3.8) is 0 Å². The molecule has 0 spiro atoms. The molecule has 1 aromatic carbocycles. The van der Waals surface area contributed by atoms with Crippen molar-refractivity contribution in [3.05, 3.63) is 29.3 Å². The Morgan fingerprint density at radius 2 is 2.00 bits per heavy atom. The molecule has 2 N–H and O–H groups in total. The molecule has 1 rings (SSSR count). The van der Waals surface area contributed by atoms with Crippen LogP contribution in [0.1, 0.15) is 37.9 Å². The minimum absolute atomic E-state index is 0.00924. The van der Waals surface area contributed by atoms with Crippen molar-refractivity contribution in [2.45, 2.75) is 39.5 Å². The first kappa shape index (κ1) is 17.5. The second-order valence-electron chi connectivity index (χ2n) is 5.01. The Labute approximate surface area is 127 Å². The summed E-state index contributed by atoms with van der Waals surface area (Å²) >= 11 is 0. The van der Waals surface area contributed by atoms with E-state index in [1.807, 2.05) is 39.0 Å². The fourth-order valence-corrected chi connectivity index (χ4v) is 2.21. The first-order chi connectivity index (χ1) is 10.0. The number of methoxy groups -OCH3 is 2. The number of likely N-dealkylation sites (N-methyl/N-ethyl adjacent to an activating group) is 1. The van der Waals surface area contributed by atoms with E-state index in [1.54, 1.807) is 14.2 Å². The molecule has 0 heterocycles. The zero-order valence-electron chi connectivity index (χ0n) is 13.5. The van der Waals surface area contributed by atoms with Crippen molar-refractivity contribution < 1.29 is 14.3 Å². The number of ether oxygens (including phenoxy) is 2. The van der Waals surface area contributed by atoms with Crippen molar-refractivity contribution in [2.24, 2.45) is 0 Å². The van der Waals surface area contributed by atoms with E-state index in [0.717, 1.165) is 16.9 Å². The van der Waals surface area contributed by atoms with Gasteiger partial charge in [-0.2, -0.15) is 0 Å². The molecule has 1 aromatic rings. The van der Waals surface area contributed by atoms with Gasteiger partial charge in [0, 0.05) is 25.3 Å². The second-order valence-corrected chi connectivity index (χ2v) is 5.01. The third-order valence-corrected chi connectivity index (χ3v) is 3.35. The molecule has 118 valence electrons. The van der Waals surface area contributed by atoms with Crippen LogP contribution in [0.25, 0.3) is 0 Å². The van der Waals surface area contributed by atoms with Gasteiger partial charge < -0.3 is 14.8 Å². The van der Waals surface area contributed by atoms with Gasteiger partial charge in [-0.3, -0.25) is 10.1 Å². The second kappa shape index (κ2) is 8.64. The van der Waals surface area contributed by atoms with Crippen LogP contribution in [-0.2, 0) is 16.1 Å². The normalized spacial score (nSPS) is 13.6. The zero-order valence-corrected chi connectivity index (χ0v) is 13.5. The minimum atomic E-state index is -0.243. The Morgan fingerprint density at radius 3 is 2.57 bits per heavy atom. The fraction of sp³-hybridized carbons (Fsp3) is 0.562. The highest BCUT2D eigenvalue weighted by molar-refractivity contribution is 5.81. The average molecular weight is 294 g/mol. The molecule has 2 unspecified atom stereocenters. The molecule has 1 amide bonds. The molecule has 0 saturated carbocycles. The van der Waals surface area contributed by atoms with E-state index in [9.17, 15) is 4.79 Å². The number of amides is 1. The van der Waals surface area contributed by atoms with Crippen molar-refractivity contribution in [1.29, 1.82) is 0 Å². The third kappa shape index (κ3) is 5.02. The Balaban J connectivity index is 2.80. The summed E-state index contributed by atoms with van der Waals surface area (Å²) in [7, 11) is 3.30. The molecule has 0 aliphatic carbocycles. The van der Waals surface area contributed by atoms with Crippen LogP contribution in [-0.4, -0.2) is 32.7 Å². The van der Waals surface area contributed by atoms with Crippen LogP contribution in [0.5, 0.6) is 5.75 Å². The summed E-state index contributed by atoms with van der Waals surface area (Å²) in [6, 6.07) is 5.79. The van der Waals surface area contributed by atoms with Gasteiger partial charge in [0.1, 0.15) is 5.75 Å². The predicted octanol–water partition coefficient (Wildman–Crippen LogP) is 2.02. The van der Waals surface area contributed by atoms with Crippen LogP contribution in [0.15, 0.2) is 18.2 Å². The van der Waals surface area contributed by atoms with Crippen molar-refractivity contribution in [1.82, 2.24) is 10.6 Å². The van der Waals surface area contributed by atoms with Crippen LogP contribution in [0.4, 0.5) is 0 Å². The highest BCUT2D eigenvalue weighted by Gasteiger charge is 2.16. The Hall–Kier alpha value is -1.59. The van der Waals surface area contributed by atoms with E-state index in [1.165, 1.54) is 0 Å². The number of benzene rings is 1. The van der Waals surface area contributed by atoms with Crippen LogP contribution in [0, 0.1) is 0 Å². The number of hydrogen-bond acceptors (Lipinski definition) is 4. The summed E-state index contributed by atoms with van der Waals surface area (Å²) in [6.45, 7) is 6.94. The fourth-order valence-electron chi connectivity index (χ4n) is 2.21. The zero-order chi connectivity index (χ0) is 15.8. The number of rotatable bonds is 8. The van der Waals surface area contributed by atoms with Crippen LogP contribution < -0.4 is 15.4 Å². The van der Waals surface area contributed by atoms with E-state index < -0.39 is 0 Å². The van der Waals surface area contributed by atoms with Gasteiger partial charge in [-0.1, -0.05) is 6.07 Å². The van der Waals surface area contributed by atoms with Gasteiger partial charge in [0.05, 0.1) is 19.8 Å². The summed E-state index contributed by atoms with van der Waals surface area (Å²) in [4.78, 5) is 11.8. The molecule has 0 bridgehead atoms. The number of carbonyl (C=O) groups excluding carboxylic acids is 1. The Morgan fingerprint density at radius 1 is 1.29 bits per heavy atom.